The normalized spacial score (nSPS) is 11.5. The first-order valence-electron chi connectivity index (χ1n) is 5.82. The van der Waals surface area contributed by atoms with Crippen molar-refractivity contribution in [2.45, 2.75) is 12.7 Å². The van der Waals surface area contributed by atoms with Crippen molar-refractivity contribution >= 4 is 28.9 Å². The summed E-state index contributed by atoms with van der Waals surface area (Å²) in [5.74, 6) is -0.658. The molecule has 112 valence electrons. The second kappa shape index (κ2) is 6.12. The van der Waals surface area contributed by atoms with Crippen molar-refractivity contribution < 1.29 is 17.6 Å². The third-order valence-corrected chi connectivity index (χ3v) is 3.31. The first-order chi connectivity index (χ1) is 9.79. The quantitative estimate of drug-likeness (QED) is 0.701. The maximum Gasteiger partial charge on any atom is 0.418 e. The zero-order valence-corrected chi connectivity index (χ0v) is 12.0. The lowest BCUT2D eigenvalue weighted by Gasteiger charge is -2.15. The molecule has 0 aliphatic carbocycles. The topological polar surface area (TPSA) is 12.0 Å². The summed E-state index contributed by atoms with van der Waals surface area (Å²) in [5, 5.41) is 2.45. The zero-order valence-electron chi connectivity index (χ0n) is 10.4. The highest BCUT2D eigenvalue weighted by molar-refractivity contribution is 6.31. The van der Waals surface area contributed by atoms with Crippen LogP contribution in [0.25, 0.3) is 0 Å². The minimum absolute atomic E-state index is 0.0261. The molecule has 0 spiro atoms. The molecule has 0 fully saturated rings. The smallest absolute Gasteiger partial charge is 0.380 e. The van der Waals surface area contributed by atoms with Crippen LogP contribution in [-0.4, -0.2) is 0 Å². The fraction of sp³-hybridized carbons (Fsp3) is 0.143. The second-order valence-electron chi connectivity index (χ2n) is 4.25. The van der Waals surface area contributed by atoms with Gasteiger partial charge >= 0.3 is 6.18 Å². The summed E-state index contributed by atoms with van der Waals surface area (Å²) >= 11 is 11.2. The minimum atomic E-state index is -4.56. The first kappa shape index (κ1) is 15.9. The van der Waals surface area contributed by atoms with Crippen molar-refractivity contribution in [2.24, 2.45) is 0 Å². The Hall–Kier alpha value is -1.46. The monoisotopic (exact) mass is 337 g/mol. The Balaban J connectivity index is 2.26. The molecule has 0 heterocycles. The minimum Gasteiger partial charge on any atom is -0.380 e. The summed E-state index contributed by atoms with van der Waals surface area (Å²) in [6.07, 6.45) is -4.56. The molecule has 0 aliphatic rings. The van der Waals surface area contributed by atoms with Crippen LogP contribution in [0, 0.1) is 5.82 Å². The standard InChI is InChI=1S/C14H9Cl2F4N/c15-9-4-5-12(10(6-9)14(18,19)20)21-7-8-2-1-3-11(16)13(8)17/h1-6,21H,7H2. The average Bonchev–Trinajstić information content (AvgIpc) is 2.40. The van der Waals surface area contributed by atoms with E-state index in [4.69, 9.17) is 23.2 Å². The Kier molecular flexibility index (Phi) is 4.64. The molecule has 1 N–H and O–H groups in total. The van der Waals surface area contributed by atoms with Gasteiger partial charge in [0.2, 0.25) is 0 Å². The summed E-state index contributed by atoms with van der Waals surface area (Å²) in [6, 6.07) is 7.68. The molecule has 0 atom stereocenters. The van der Waals surface area contributed by atoms with Gasteiger partial charge in [-0.25, -0.2) is 4.39 Å². The number of alkyl halides is 3. The Labute approximate surface area is 128 Å². The van der Waals surface area contributed by atoms with Gasteiger partial charge in [-0.05, 0) is 24.3 Å². The number of hydrogen-bond acceptors (Lipinski definition) is 1. The van der Waals surface area contributed by atoms with Crippen LogP contribution in [0.15, 0.2) is 36.4 Å². The third kappa shape index (κ3) is 3.80. The number of halogens is 6. The lowest BCUT2D eigenvalue weighted by molar-refractivity contribution is -0.136. The van der Waals surface area contributed by atoms with Crippen LogP contribution in [0.2, 0.25) is 10.0 Å². The van der Waals surface area contributed by atoms with Gasteiger partial charge in [0.05, 0.1) is 10.6 Å². The second-order valence-corrected chi connectivity index (χ2v) is 5.10. The van der Waals surface area contributed by atoms with Crippen molar-refractivity contribution in [3.63, 3.8) is 0 Å². The summed E-state index contributed by atoms with van der Waals surface area (Å²) in [7, 11) is 0. The van der Waals surface area contributed by atoms with Crippen LogP contribution in [0.3, 0.4) is 0 Å². The molecule has 0 unspecified atom stereocenters. The maximum atomic E-state index is 13.7. The van der Waals surface area contributed by atoms with Crippen molar-refractivity contribution in [1.29, 1.82) is 0 Å². The number of nitrogens with one attached hydrogen (secondary N) is 1. The molecule has 0 aliphatic heterocycles. The lowest BCUT2D eigenvalue weighted by atomic mass is 10.1. The molecule has 21 heavy (non-hydrogen) atoms. The molecule has 0 radical (unpaired) electrons. The van der Waals surface area contributed by atoms with Gasteiger partial charge in [0.1, 0.15) is 5.82 Å². The van der Waals surface area contributed by atoms with E-state index in [0.717, 1.165) is 6.07 Å². The van der Waals surface area contributed by atoms with E-state index in [0.29, 0.717) is 0 Å². The van der Waals surface area contributed by atoms with E-state index >= 15 is 0 Å². The molecular weight excluding hydrogens is 329 g/mol. The van der Waals surface area contributed by atoms with Crippen LogP contribution < -0.4 is 5.32 Å². The van der Waals surface area contributed by atoms with Crippen LogP contribution in [0.4, 0.5) is 23.2 Å². The third-order valence-electron chi connectivity index (χ3n) is 2.79. The van der Waals surface area contributed by atoms with E-state index in [1.165, 1.54) is 30.3 Å². The van der Waals surface area contributed by atoms with Crippen LogP contribution in [-0.2, 0) is 12.7 Å². The largest absolute Gasteiger partial charge is 0.418 e. The highest BCUT2D eigenvalue weighted by atomic mass is 35.5. The van der Waals surface area contributed by atoms with Crippen molar-refractivity contribution in [1.82, 2.24) is 0 Å². The molecule has 7 heteroatoms. The Morgan fingerprint density at radius 1 is 1.05 bits per heavy atom. The SMILES string of the molecule is Fc1c(Cl)cccc1CNc1ccc(Cl)cc1C(F)(F)F. The van der Waals surface area contributed by atoms with Gasteiger partial charge in [-0.15, -0.1) is 0 Å². The Morgan fingerprint density at radius 3 is 2.43 bits per heavy atom. The van der Waals surface area contributed by atoms with E-state index in [1.54, 1.807) is 0 Å². The van der Waals surface area contributed by atoms with Gasteiger partial charge in [-0.2, -0.15) is 13.2 Å². The van der Waals surface area contributed by atoms with Gasteiger partial charge < -0.3 is 5.32 Å². The fourth-order valence-electron chi connectivity index (χ4n) is 1.78. The van der Waals surface area contributed by atoms with Crippen LogP contribution in [0.1, 0.15) is 11.1 Å². The molecule has 0 aromatic heterocycles. The fourth-order valence-corrected chi connectivity index (χ4v) is 2.15. The molecule has 0 saturated carbocycles. The summed E-state index contributed by atoms with van der Waals surface area (Å²) in [6.45, 7) is -0.128. The van der Waals surface area contributed by atoms with Gasteiger partial charge in [-0.3, -0.25) is 0 Å². The van der Waals surface area contributed by atoms with Gasteiger partial charge in [0.25, 0.3) is 0 Å². The Bertz CT molecular complexity index is 656. The van der Waals surface area contributed by atoms with Crippen molar-refractivity contribution in [2.75, 3.05) is 5.32 Å². The molecule has 2 rings (SSSR count). The molecule has 1 nitrogen and oxygen atoms in total. The molecule has 0 amide bonds. The van der Waals surface area contributed by atoms with E-state index in [1.807, 2.05) is 0 Å². The van der Waals surface area contributed by atoms with Gasteiger partial charge in [-0.1, -0.05) is 35.3 Å². The molecular formula is C14H9Cl2F4N. The van der Waals surface area contributed by atoms with Gasteiger partial charge in [0, 0.05) is 22.8 Å². The highest BCUT2D eigenvalue weighted by Crippen LogP contribution is 2.36. The maximum absolute atomic E-state index is 13.7. The van der Waals surface area contributed by atoms with E-state index in [2.05, 4.69) is 5.32 Å². The van der Waals surface area contributed by atoms with Crippen LogP contribution in [0.5, 0.6) is 0 Å². The molecule has 0 saturated heterocycles. The summed E-state index contributed by atoms with van der Waals surface area (Å²) in [4.78, 5) is 0. The first-order valence-corrected chi connectivity index (χ1v) is 6.58. The molecule has 2 aromatic rings. The lowest BCUT2D eigenvalue weighted by Crippen LogP contribution is -2.11. The number of anilines is 1. The number of benzene rings is 2. The van der Waals surface area contributed by atoms with E-state index in [9.17, 15) is 17.6 Å². The Morgan fingerprint density at radius 2 is 1.76 bits per heavy atom. The summed E-state index contributed by atoms with van der Waals surface area (Å²) in [5.41, 5.74) is -0.908. The number of rotatable bonds is 3. The predicted molar refractivity (Wildman–Crippen MR) is 75.2 cm³/mol. The van der Waals surface area contributed by atoms with Gasteiger partial charge in [0.15, 0.2) is 0 Å². The van der Waals surface area contributed by atoms with E-state index in [-0.39, 0.29) is 27.8 Å². The zero-order chi connectivity index (χ0) is 15.6. The predicted octanol–water partition coefficient (Wildman–Crippen LogP) is 5.76. The highest BCUT2D eigenvalue weighted by Gasteiger charge is 2.33. The number of hydrogen-bond donors (Lipinski definition) is 1. The average molecular weight is 338 g/mol. The van der Waals surface area contributed by atoms with Crippen molar-refractivity contribution in [3.8, 4) is 0 Å². The van der Waals surface area contributed by atoms with E-state index < -0.39 is 17.6 Å². The molecule has 2 aromatic carbocycles. The van der Waals surface area contributed by atoms with Crippen LogP contribution >= 0.6 is 23.2 Å². The summed E-state index contributed by atoms with van der Waals surface area (Å²) < 4.78 is 52.4. The molecule has 0 bridgehead atoms. The van der Waals surface area contributed by atoms with Crippen molar-refractivity contribution in [3.05, 3.63) is 63.4 Å².